The van der Waals surface area contributed by atoms with E-state index < -0.39 is 10.0 Å². The van der Waals surface area contributed by atoms with E-state index in [1.807, 2.05) is 38.1 Å². The van der Waals surface area contributed by atoms with Crippen LogP contribution in [0.3, 0.4) is 0 Å². The maximum Gasteiger partial charge on any atom is 0.308 e. The summed E-state index contributed by atoms with van der Waals surface area (Å²) in [6, 6.07) is 12.2. The lowest BCUT2D eigenvalue weighted by Crippen LogP contribution is -2.50. The molecule has 1 aliphatic heterocycles. The predicted molar refractivity (Wildman–Crippen MR) is 134 cm³/mol. The molecule has 3 aromatic rings. The zero-order valence-corrected chi connectivity index (χ0v) is 20.9. The number of hydrogen-bond acceptors (Lipinski definition) is 6. The lowest BCUT2D eigenvalue weighted by molar-refractivity contribution is -0.127. The molecule has 34 heavy (non-hydrogen) atoms. The molecule has 8 nitrogen and oxygen atoms in total. The number of fused-ring (bicyclic) bond motifs is 1. The van der Waals surface area contributed by atoms with Crippen LogP contribution in [0.5, 0.6) is 5.75 Å². The van der Waals surface area contributed by atoms with E-state index in [-0.39, 0.29) is 34.8 Å². The number of sulfonamides is 1. The Labute approximate surface area is 202 Å². The number of carbonyl (C=O) groups excluding carboxylic acids is 1. The highest BCUT2D eigenvalue weighted by Crippen LogP contribution is 2.26. The Morgan fingerprint density at radius 2 is 1.74 bits per heavy atom. The molecule has 1 saturated heterocycles. The molecular weight excluding hydrogens is 474 g/mol. The Kier molecular flexibility index (Phi) is 6.92. The second kappa shape index (κ2) is 9.73. The molecular formula is C24H27N3O5S2. The zero-order chi connectivity index (χ0) is 24.5. The Morgan fingerprint density at radius 3 is 2.35 bits per heavy atom. The molecule has 0 unspecified atom stereocenters. The topological polar surface area (TPSA) is 88.9 Å². The summed E-state index contributed by atoms with van der Waals surface area (Å²) in [5.74, 6) is 0.584. The van der Waals surface area contributed by atoms with Crippen LogP contribution in [-0.4, -0.2) is 61.4 Å². The molecule has 2 aromatic carbocycles. The minimum atomic E-state index is -3.73. The molecule has 1 fully saturated rings. The summed E-state index contributed by atoms with van der Waals surface area (Å²) >= 11 is 1.05. The Balaban J connectivity index is 1.43. The van der Waals surface area contributed by atoms with Crippen molar-refractivity contribution in [3.8, 4) is 5.75 Å². The summed E-state index contributed by atoms with van der Waals surface area (Å²) in [7, 11) is -2.13. The number of amides is 1. The van der Waals surface area contributed by atoms with Crippen molar-refractivity contribution in [1.82, 2.24) is 13.8 Å². The molecule has 0 atom stereocenters. The maximum absolute atomic E-state index is 13.2. The Hall–Kier alpha value is -2.95. The number of thiazole rings is 1. The molecule has 0 spiro atoms. The van der Waals surface area contributed by atoms with E-state index >= 15 is 0 Å². The minimum Gasteiger partial charge on any atom is -0.497 e. The highest BCUT2D eigenvalue weighted by Gasteiger charge is 2.30. The van der Waals surface area contributed by atoms with E-state index in [2.05, 4.69) is 0 Å². The molecule has 180 valence electrons. The van der Waals surface area contributed by atoms with Gasteiger partial charge in [0, 0.05) is 38.3 Å². The van der Waals surface area contributed by atoms with E-state index in [9.17, 15) is 18.0 Å². The number of rotatable bonds is 6. The van der Waals surface area contributed by atoms with Crippen LogP contribution in [0.4, 0.5) is 0 Å². The first-order valence-electron chi connectivity index (χ1n) is 11.0. The van der Waals surface area contributed by atoms with Crippen LogP contribution < -0.4 is 9.61 Å². The fraction of sp³-hybridized carbons (Fsp3) is 0.333. The smallest absolute Gasteiger partial charge is 0.308 e. The molecule has 10 heteroatoms. The average molecular weight is 502 g/mol. The molecule has 0 aliphatic carbocycles. The van der Waals surface area contributed by atoms with Crippen LogP contribution in [0.25, 0.3) is 16.3 Å². The normalized spacial score (nSPS) is 15.5. The number of carbonyl (C=O) groups is 1. The first-order chi connectivity index (χ1) is 16.2. The third-order valence-corrected chi connectivity index (χ3v) is 8.64. The van der Waals surface area contributed by atoms with Gasteiger partial charge in [0.15, 0.2) is 0 Å². The molecule has 4 rings (SSSR count). The summed E-state index contributed by atoms with van der Waals surface area (Å²) in [6.07, 6.45) is 3.23. The number of methoxy groups -OCH3 is 1. The molecule has 1 aromatic heterocycles. The third kappa shape index (κ3) is 4.79. The highest BCUT2D eigenvalue weighted by molar-refractivity contribution is 7.89. The van der Waals surface area contributed by atoms with E-state index in [1.165, 1.54) is 10.4 Å². The van der Waals surface area contributed by atoms with Crippen LogP contribution in [0.1, 0.15) is 25.5 Å². The van der Waals surface area contributed by atoms with E-state index in [0.717, 1.165) is 28.2 Å². The van der Waals surface area contributed by atoms with Crippen LogP contribution in [-0.2, 0) is 14.8 Å². The third-order valence-electron chi connectivity index (χ3n) is 5.82. The second-order valence-corrected chi connectivity index (χ2v) is 11.2. The molecule has 0 radical (unpaired) electrons. The van der Waals surface area contributed by atoms with Gasteiger partial charge in [-0.3, -0.25) is 14.2 Å². The predicted octanol–water partition coefficient (Wildman–Crippen LogP) is 3.20. The summed E-state index contributed by atoms with van der Waals surface area (Å²) in [6.45, 7) is 4.89. The molecule has 2 heterocycles. The van der Waals surface area contributed by atoms with E-state index in [1.54, 1.807) is 40.9 Å². The van der Waals surface area contributed by atoms with Crippen molar-refractivity contribution in [3.05, 3.63) is 63.8 Å². The lowest BCUT2D eigenvalue weighted by Gasteiger charge is -2.33. The quantitative estimate of drug-likeness (QED) is 0.484. The van der Waals surface area contributed by atoms with Gasteiger partial charge in [-0.15, -0.1) is 0 Å². The van der Waals surface area contributed by atoms with Crippen molar-refractivity contribution in [1.29, 1.82) is 0 Å². The zero-order valence-electron chi connectivity index (χ0n) is 19.3. The molecule has 0 bridgehead atoms. The van der Waals surface area contributed by atoms with Crippen molar-refractivity contribution in [2.75, 3.05) is 33.3 Å². The van der Waals surface area contributed by atoms with E-state index in [0.29, 0.717) is 17.8 Å². The average Bonchev–Trinajstić information content (AvgIpc) is 3.18. The first kappa shape index (κ1) is 24.2. The van der Waals surface area contributed by atoms with Gasteiger partial charge in [-0.25, -0.2) is 8.42 Å². The van der Waals surface area contributed by atoms with Crippen molar-refractivity contribution < 1.29 is 17.9 Å². The summed E-state index contributed by atoms with van der Waals surface area (Å²) in [5.41, 5.74) is 1.61. The molecule has 1 amide bonds. The van der Waals surface area contributed by atoms with Gasteiger partial charge in [0.2, 0.25) is 15.9 Å². The number of aromatic nitrogens is 1. The number of benzene rings is 2. The summed E-state index contributed by atoms with van der Waals surface area (Å²) in [5, 5.41) is 0. The van der Waals surface area contributed by atoms with Crippen molar-refractivity contribution in [2.45, 2.75) is 24.8 Å². The number of ether oxygens (including phenoxy) is 1. The SMILES string of the molecule is COc1ccc(/C=C/C(=O)N2CCN(S(=O)(=O)c3ccc4c(c3)sc(=O)n4C(C)C)CC2)cc1. The van der Waals surface area contributed by atoms with Crippen LogP contribution in [0, 0.1) is 0 Å². The lowest BCUT2D eigenvalue weighted by atomic mass is 10.2. The Morgan fingerprint density at radius 1 is 1.06 bits per heavy atom. The Bertz CT molecular complexity index is 1380. The fourth-order valence-electron chi connectivity index (χ4n) is 3.95. The van der Waals surface area contributed by atoms with Gasteiger partial charge < -0.3 is 9.64 Å². The van der Waals surface area contributed by atoms with Gasteiger partial charge >= 0.3 is 4.87 Å². The second-order valence-electron chi connectivity index (χ2n) is 8.30. The number of hydrogen-bond donors (Lipinski definition) is 0. The van der Waals surface area contributed by atoms with Crippen LogP contribution >= 0.6 is 11.3 Å². The van der Waals surface area contributed by atoms with Gasteiger partial charge in [-0.05, 0) is 55.8 Å². The molecule has 0 saturated carbocycles. The highest BCUT2D eigenvalue weighted by atomic mass is 32.2. The standard InChI is InChI=1S/C24H27N3O5S2/c1-17(2)27-21-10-9-20(16-22(21)33-24(27)29)34(30,31)26-14-12-25(13-15-26)23(28)11-6-18-4-7-19(32-3)8-5-18/h4-11,16-17H,12-15H2,1-3H3/b11-6+. The summed E-state index contributed by atoms with van der Waals surface area (Å²) in [4.78, 5) is 26.6. The maximum atomic E-state index is 13.2. The molecule has 0 N–H and O–H groups in total. The largest absolute Gasteiger partial charge is 0.497 e. The van der Waals surface area contributed by atoms with Crippen molar-refractivity contribution >= 4 is 43.6 Å². The van der Waals surface area contributed by atoms with Crippen LogP contribution in [0.2, 0.25) is 0 Å². The van der Waals surface area contributed by atoms with Gasteiger partial charge in [0.1, 0.15) is 5.75 Å². The van der Waals surface area contributed by atoms with Gasteiger partial charge in [-0.1, -0.05) is 23.5 Å². The van der Waals surface area contributed by atoms with Gasteiger partial charge in [0.25, 0.3) is 0 Å². The van der Waals surface area contributed by atoms with Gasteiger partial charge in [-0.2, -0.15) is 4.31 Å². The monoisotopic (exact) mass is 501 g/mol. The summed E-state index contributed by atoms with van der Waals surface area (Å²) < 4.78 is 35.3. The number of piperazine rings is 1. The number of nitrogens with zero attached hydrogens (tertiary/aromatic N) is 3. The fourth-order valence-corrected chi connectivity index (χ4v) is 6.53. The van der Waals surface area contributed by atoms with Crippen molar-refractivity contribution in [2.24, 2.45) is 0 Å². The molecule has 1 aliphatic rings. The van der Waals surface area contributed by atoms with E-state index in [4.69, 9.17) is 4.74 Å². The minimum absolute atomic E-state index is 0.00640. The first-order valence-corrected chi connectivity index (χ1v) is 13.2. The van der Waals surface area contributed by atoms with Gasteiger partial charge in [0.05, 0.1) is 22.2 Å². The van der Waals surface area contributed by atoms with Crippen molar-refractivity contribution in [3.63, 3.8) is 0 Å². The van der Waals surface area contributed by atoms with Crippen LogP contribution in [0.15, 0.2) is 58.2 Å².